The molecule has 0 aromatic carbocycles. The van der Waals surface area contributed by atoms with E-state index in [0.717, 1.165) is 12.8 Å². The quantitative estimate of drug-likeness (QED) is 0.424. The van der Waals surface area contributed by atoms with Crippen molar-refractivity contribution >= 4 is 28.6 Å². The Labute approximate surface area is 101 Å². The van der Waals surface area contributed by atoms with Gasteiger partial charge in [0.2, 0.25) is 0 Å². The van der Waals surface area contributed by atoms with Crippen molar-refractivity contribution in [3.8, 4) is 0 Å². The fourth-order valence-corrected chi connectivity index (χ4v) is 1.41. The number of halogens is 1. The molecule has 0 heterocycles. The number of ether oxygens (including phenoxy) is 1. The van der Waals surface area contributed by atoms with Gasteiger partial charge in [-0.25, -0.2) is 0 Å². The molecule has 0 aliphatic heterocycles. The molecule has 0 amide bonds. The monoisotopic (exact) mass is 312 g/mol. The van der Waals surface area contributed by atoms with Crippen LogP contribution in [0.25, 0.3) is 0 Å². The van der Waals surface area contributed by atoms with Crippen LogP contribution in [0.3, 0.4) is 0 Å². The van der Waals surface area contributed by atoms with E-state index in [1.54, 1.807) is 0 Å². The molecule has 0 fully saturated rings. The first-order chi connectivity index (χ1) is 6.51. The lowest BCUT2D eigenvalue weighted by Gasteiger charge is -2.17. The fraction of sp³-hybridized carbons (Fsp3) is 0.909. The van der Waals surface area contributed by atoms with E-state index >= 15 is 0 Å². The van der Waals surface area contributed by atoms with Gasteiger partial charge in [0.1, 0.15) is 0 Å². The van der Waals surface area contributed by atoms with Crippen LogP contribution in [0.15, 0.2) is 0 Å². The lowest BCUT2D eigenvalue weighted by Crippen LogP contribution is -2.19. The lowest BCUT2D eigenvalue weighted by molar-refractivity contribution is -0.146. The molecular weight excluding hydrogens is 291 g/mol. The molecule has 14 heavy (non-hydrogen) atoms. The lowest BCUT2D eigenvalue weighted by atomic mass is 10.00. The summed E-state index contributed by atoms with van der Waals surface area (Å²) in [6, 6.07) is 0. The van der Waals surface area contributed by atoms with Crippen LogP contribution in [0.4, 0.5) is 0 Å². The van der Waals surface area contributed by atoms with Gasteiger partial charge < -0.3 is 4.74 Å². The van der Waals surface area contributed by atoms with E-state index in [-0.39, 0.29) is 10.1 Å². The van der Waals surface area contributed by atoms with Gasteiger partial charge >= 0.3 is 5.97 Å². The van der Waals surface area contributed by atoms with Gasteiger partial charge in [-0.15, -0.1) is 0 Å². The topological polar surface area (TPSA) is 26.3 Å². The van der Waals surface area contributed by atoms with E-state index in [1.807, 2.05) is 0 Å². The number of carbonyl (C=O) groups is 1. The standard InChI is InChI=1S/C11H21IO2/c1-5-9(6-2)7-10(13)14-11(12)8(3)4/h8-9,11H,5-7H2,1-4H3. The van der Waals surface area contributed by atoms with Crippen LogP contribution in [0.2, 0.25) is 0 Å². The highest BCUT2D eigenvalue weighted by atomic mass is 127. The summed E-state index contributed by atoms with van der Waals surface area (Å²) in [5.74, 6) is 0.825. The predicted molar refractivity (Wildman–Crippen MR) is 67.4 cm³/mol. The third kappa shape index (κ3) is 5.83. The SMILES string of the molecule is CCC(CC)CC(=O)OC(I)C(C)C. The molecular formula is C11H21IO2. The van der Waals surface area contributed by atoms with Gasteiger partial charge in [-0.2, -0.15) is 0 Å². The first-order valence-electron chi connectivity index (χ1n) is 5.34. The molecule has 3 heteroatoms. The molecule has 0 bridgehead atoms. The number of carbonyl (C=O) groups excluding carboxylic acids is 1. The van der Waals surface area contributed by atoms with E-state index in [4.69, 9.17) is 4.74 Å². The summed E-state index contributed by atoms with van der Waals surface area (Å²) >= 11 is 2.17. The fourth-order valence-electron chi connectivity index (χ4n) is 1.12. The number of alkyl halides is 1. The van der Waals surface area contributed by atoms with Crippen LogP contribution >= 0.6 is 22.6 Å². The molecule has 0 spiro atoms. The molecule has 0 saturated heterocycles. The minimum absolute atomic E-state index is 0.00876. The van der Waals surface area contributed by atoms with E-state index in [0.29, 0.717) is 18.3 Å². The molecule has 0 saturated carbocycles. The molecule has 0 aromatic heterocycles. The average Bonchev–Trinajstić information content (AvgIpc) is 2.13. The van der Waals surface area contributed by atoms with Gasteiger partial charge in [0.15, 0.2) is 4.11 Å². The van der Waals surface area contributed by atoms with E-state index < -0.39 is 0 Å². The molecule has 1 unspecified atom stereocenters. The van der Waals surface area contributed by atoms with Gasteiger partial charge in [-0.1, -0.05) is 40.5 Å². The van der Waals surface area contributed by atoms with Crippen LogP contribution in [0.5, 0.6) is 0 Å². The third-order valence-corrected chi connectivity index (χ3v) is 4.07. The van der Waals surface area contributed by atoms with Gasteiger partial charge in [0.05, 0.1) is 0 Å². The van der Waals surface area contributed by atoms with Crippen LogP contribution in [0.1, 0.15) is 47.0 Å². The molecule has 0 rings (SSSR count). The average molecular weight is 312 g/mol. The van der Waals surface area contributed by atoms with E-state index in [1.165, 1.54) is 0 Å². The Morgan fingerprint density at radius 2 is 1.79 bits per heavy atom. The largest absolute Gasteiger partial charge is 0.451 e. The Bertz CT molecular complexity index is 159. The number of hydrogen-bond donors (Lipinski definition) is 0. The normalized spacial score (nSPS) is 13.4. The maximum absolute atomic E-state index is 11.5. The highest BCUT2D eigenvalue weighted by Crippen LogP contribution is 2.18. The van der Waals surface area contributed by atoms with Gasteiger partial charge in [0.25, 0.3) is 0 Å². The highest BCUT2D eigenvalue weighted by Gasteiger charge is 2.17. The molecule has 2 nitrogen and oxygen atoms in total. The second-order valence-electron chi connectivity index (χ2n) is 3.97. The van der Waals surface area contributed by atoms with Crippen molar-refractivity contribution in [2.45, 2.75) is 51.1 Å². The molecule has 0 aliphatic rings. The summed E-state index contributed by atoms with van der Waals surface area (Å²) in [5.41, 5.74) is 0. The van der Waals surface area contributed by atoms with Crippen LogP contribution in [0, 0.1) is 11.8 Å². The van der Waals surface area contributed by atoms with Crippen LogP contribution in [-0.2, 0) is 9.53 Å². The van der Waals surface area contributed by atoms with Crippen molar-refractivity contribution in [1.82, 2.24) is 0 Å². The van der Waals surface area contributed by atoms with Crippen molar-refractivity contribution in [3.63, 3.8) is 0 Å². The molecule has 84 valence electrons. The van der Waals surface area contributed by atoms with E-state index in [2.05, 4.69) is 50.3 Å². The second kappa shape index (κ2) is 7.49. The van der Waals surface area contributed by atoms with Crippen molar-refractivity contribution in [3.05, 3.63) is 0 Å². The molecule has 0 radical (unpaired) electrons. The Balaban J connectivity index is 3.85. The zero-order chi connectivity index (χ0) is 11.1. The van der Waals surface area contributed by atoms with Gasteiger partial charge in [0, 0.05) is 6.42 Å². The van der Waals surface area contributed by atoms with Gasteiger partial charge in [-0.05, 0) is 34.4 Å². The van der Waals surface area contributed by atoms with E-state index in [9.17, 15) is 4.79 Å². The molecule has 0 N–H and O–H groups in total. The predicted octanol–water partition coefficient (Wildman–Crippen LogP) is 3.77. The summed E-state index contributed by atoms with van der Waals surface area (Å²) in [6.45, 7) is 8.35. The summed E-state index contributed by atoms with van der Waals surface area (Å²) in [7, 11) is 0. The van der Waals surface area contributed by atoms with Crippen LogP contribution in [-0.4, -0.2) is 10.1 Å². The van der Waals surface area contributed by atoms with Crippen molar-refractivity contribution in [2.75, 3.05) is 0 Å². The smallest absolute Gasteiger partial charge is 0.307 e. The summed E-state index contributed by atoms with van der Waals surface area (Å²) in [5, 5.41) is 0. The first-order valence-corrected chi connectivity index (χ1v) is 6.59. The van der Waals surface area contributed by atoms with Crippen molar-refractivity contribution < 1.29 is 9.53 Å². The number of rotatable bonds is 6. The Hall–Kier alpha value is 0.200. The van der Waals surface area contributed by atoms with Gasteiger partial charge in [-0.3, -0.25) is 4.79 Å². The zero-order valence-electron chi connectivity index (χ0n) is 9.55. The minimum atomic E-state index is -0.0493. The Kier molecular flexibility index (Phi) is 7.59. The van der Waals surface area contributed by atoms with Crippen molar-refractivity contribution in [2.24, 2.45) is 11.8 Å². The number of hydrogen-bond acceptors (Lipinski definition) is 2. The molecule has 1 atom stereocenters. The highest BCUT2D eigenvalue weighted by molar-refractivity contribution is 14.1. The summed E-state index contributed by atoms with van der Waals surface area (Å²) in [4.78, 5) is 11.5. The third-order valence-electron chi connectivity index (χ3n) is 2.38. The summed E-state index contributed by atoms with van der Waals surface area (Å²) < 4.78 is 5.30. The Morgan fingerprint density at radius 3 is 2.14 bits per heavy atom. The van der Waals surface area contributed by atoms with Crippen molar-refractivity contribution in [1.29, 1.82) is 0 Å². The van der Waals surface area contributed by atoms with Crippen LogP contribution < -0.4 is 0 Å². The maximum atomic E-state index is 11.5. The second-order valence-corrected chi connectivity index (χ2v) is 5.20. The maximum Gasteiger partial charge on any atom is 0.307 e. The molecule has 0 aliphatic carbocycles. The minimum Gasteiger partial charge on any atom is -0.451 e. The zero-order valence-corrected chi connectivity index (χ0v) is 11.7. The Morgan fingerprint density at radius 1 is 1.29 bits per heavy atom. The number of esters is 1. The summed E-state index contributed by atoms with van der Waals surface area (Å²) in [6.07, 6.45) is 2.68. The first kappa shape index (κ1) is 14.2. The molecule has 0 aromatic rings.